The van der Waals surface area contributed by atoms with Crippen LogP contribution in [-0.4, -0.2) is 31.0 Å². The van der Waals surface area contributed by atoms with Crippen LogP contribution in [0.3, 0.4) is 0 Å². The molecule has 0 spiro atoms. The van der Waals surface area contributed by atoms with Crippen molar-refractivity contribution in [1.82, 2.24) is 4.90 Å². The van der Waals surface area contributed by atoms with Crippen molar-refractivity contribution in [3.05, 3.63) is 58.1 Å². The lowest BCUT2D eigenvalue weighted by Crippen LogP contribution is -2.37. The highest BCUT2D eigenvalue weighted by Crippen LogP contribution is 2.28. The Bertz CT molecular complexity index is 754. The Morgan fingerprint density at radius 3 is 2.46 bits per heavy atom. The zero-order valence-electron chi connectivity index (χ0n) is 14.7. The molecule has 2 aromatic carbocycles. The molecule has 26 heavy (non-hydrogen) atoms. The average molecular weight is 393 g/mol. The topological polar surface area (TPSA) is 41.6 Å². The first-order valence-corrected chi connectivity index (χ1v) is 9.42. The summed E-state index contributed by atoms with van der Waals surface area (Å²) in [4.78, 5) is 14.8. The van der Waals surface area contributed by atoms with Gasteiger partial charge in [-0.05, 0) is 50.2 Å². The molecule has 0 radical (unpaired) electrons. The molecule has 1 saturated heterocycles. The number of nitrogens with one attached hydrogen (secondary N) is 1. The van der Waals surface area contributed by atoms with Gasteiger partial charge in [-0.3, -0.25) is 9.69 Å². The molecular weight excluding hydrogens is 371 g/mol. The molecule has 0 aliphatic carbocycles. The number of ether oxygens (including phenoxy) is 1. The molecule has 138 valence electrons. The van der Waals surface area contributed by atoms with Gasteiger partial charge < -0.3 is 10.1 Å². The molecule has 6 heteroatoms. The van der Waals surface area contributed by atoms with Crippen LogP contribution in [0.2, 0.25) is 10.0 Å². The Morgan fingerprint density at radius 1 is 1.15 bits per heavy atom. The number of carbonyl (C=O) groups excluding carboxylic acids is 1. The normalized spacial score (nSPS) is 15.7. The molecule has 1 heterocycles. The Labute approximate surface area is 164 Å². The number of hydrogen-bond donors (Lipinski definition) is 1. The Morgan fingerprint density at radius 2 is 1.81 bits per heavy atom. The van der Waals surface area contributed by atoms with E-state index in [9.17, 15) is 4.79 Å². The van der Waals surface area contributed by atoms with E-state index >= 15 is 0 Å². The van der Waals surface area contributed by atoms with Crippen molar-refractivity contribution in [1.29, 1.82) is 0 Å². The van der Waals surface area contributed by atoms with Gasteiger partial charge in [0.25, 0.3) is 0 Å². The van der Waals surface area contributed by atoms with Crippen LogP contribution in [0.1, 0.15) is 18.4 Å². The number of rotatable bonds is 5. The molecule has 1 N–H and O–H groups in total. The van der Waals surface area contributed by atoms with Gasteiger partial charge in [-0.25, -0.2) is 0 Å². The van der Waals surface area contributed by atoms with E-state index in [1.165, 1.54) is 0 Å². The summed E-state index contributed by atoms with van der Waals surface area (Å²) < 4.78 is 5.19. The van der Waals surface area contributed by atoms with Crippen LogP contribution in [0.5, 0.6) is 5.75 Å². The van der Waals surface area contributed by atoms with Crippen LogP contribution in [0, 0.1) is 5.92 Å². The first-order valence-electron chi connectivity index (χ1n) is 8.67. The number of anilines is 1. The summed E-state index contributed by atoms with van der Waals surface area (Å²) in [7, 11) is 1.61. The van der Waals surface area contributed by atoms with Gasteiger partial charge in [-0.15, -0.1) is 0 Å². The number of amides is 1. The van der Waals surface area contributed by atoms with Gasteiger partial charge in [0.2, 0.25) is 5.91 Å². The smallest absolute Gasteiger partial charge is 0.227 e. The van der Waals surface area contributed by atoms with Crippen molar-refractivity contribution < 1.29 is 9.53 Å². The fourth-order valence-corrected chi connectivity index (χ4v) is 3.72. The van der Waals surface area contributed by atoms with Gasteiger partial charge in [0, 0.05) is 39.8 Å². The molecule has 0 unspecified atom stereocenters. The number of methoxy groups -OCH3 is 1. The maximum absolute atomic E-state index is 12.5. The number of benzene rings is 2. The van der Waals surface area contributed by atoms with Gasteiger partial charge >= 0.3 is 0 Å². The van der Waals surface area contributed by atoms with Crippen LogP contribution in [0.25, 0.3) is 0 Å². The van der Waals surface area contributed by atoms with Crippen molar-refractivity contribution >= 4 is 34.8 Å². The van der Waals surface area contributed by atoms with Crippen molar-refractivity contribution in [3.8, 4) is 5.75 Å². The second kappa shape index (κ2) is 8.76. The maximum atomic E-state index is 12.5. The fourth-order valence-electron chi connectivity index (χ4n) is 3.21. The summed E-state index contributed by atoms with van der Waals surface area (Å²) in [5.74, 6) is 0.807. The van der Waals surface area contributed by atoms with Gasteiger partial charge in [0.1, 0.15) is 5.75 Å². The summed E-state index contributed by atoms with van der Waals surface area (Å²) in [5.41, 5.74) is 1.72. The SMILES string of the molecule is COc1cccc(NC(=O)C2CCN(Cc3c(Cl)cccc3Cl)CC2)c1. The molecule has 0 aromatic heterocycles. The summed E-state index contributed by atoms with van der Waals surface area (Å²) in [6, 6.07) is 13.0. The molecule has 0 saturated carbocycles. The quantitative estimate of drug-likeness (QED) is 0.790. The van der Waals surface area contributed by atoms with E-state index in [-0.39, 0.29) is 11.8 Å². The fraction of sp³-hybridized carbons (Fsp3) is 0.350. The molecule has 1 amide bonds. The highest BCUT2D eigenvalue weighted by molar-refractivity contribution is 6.35. The van der Waals surface area contributed by atoms with Gasteiger partial charge in [-0.2, -0.15) is 0 Å². The number of halogens is 2. The highest BCUT2D eigenvalue weighted by Gasteiger charge is 2.25. The lowest BCUT2D eigenvalue weighted by atomic mass is 9.95. The predicted octanol–water partition coefficient (Wildman–Crippen LogP) is 4.85. The first kappa shape index (κ1) is 19.0. The van der Waals surface area contributed by atoms with Gasteiger partial charge in [0.15, 0.2) is 0 Å². The molecule has 2 aromatic rings. The van der Waals surface area contributed by atoms with Crippen molar-refractivity contribution in [3.63, 3.8) is 0 Å². The van der Waals surface area contributed by atoms with E-state index in [0.29, 0.717) is 16.6 Å². The van der Waals surface area contributed by atoms with Gasteiger partial charge in [-0.1, -0.05) is 35.3 Å². The van der Waals surface area contributed by atoms with E-state index in [0.717, 1.165) is 42.9 Å². The Kier molecular flexibility index (Phi) is 6.41. The molecular formula is C20H22Cl2N2O2. The molecule has 1 aliphatic heterocycles. The zero-order chi connectivity index (χ0) is 18.5. The van der Waals surface area contributed by atoms with Crippen molar-refractivity contribution in [2.24, 2.45) is 5.92 Å². The number of carbonyl (C=O) groups is 1. The average Bonchev–Trinajstić information content (AvgIpc) is 2.65. The minimum Gasteiger partial charge on any atom is -0.497 e. The predicted molar refractivity (Wildman–Crippen MR) is 106 cm³/mol. The monoisotopic (exact) mass is 392 g/mol. The van der Waals surface area contributed by atoms with Crippen molar-refractivity contribution in [2.45, 2.75) is 19.4 Å². The highest BCUT2D eigenvalue weighted by atomic mass is 35.5. The molecule has 3 rings (SSSR count). The van der Waals surface area contributed by atoms with E-state index in [4.69, 9.17) is 27.9 Å². The number of likely N-dealkylation sites (tertiary alicyclic amines) is 1. The van der Waals surface area contributed by atoms with Crippen LogP contribution < -0.4 is 10.1 Å². The van der Waals surface area contributed by atoms with Crippen LogP contribution in [-0.2, 0) is 11.3 Å². The van der Waals surface area contributed by atoms with E-state index in [1.807, 2.05) is 42.5 Å². The van der Waals surface area contributed by atoms with Crippen LogP contribution in [0.15, 0.2) is 42.5 Å². The standard InChI is InChI=1S/C20H22Cl2N2O2/c1-26-16-5-2-4-15(12-16)23-20(25)14-8-10-24(11-9-14)13-17-18(21)6-3-7-19(17)22/h2-7,12,14H,8-11,13H2,1H3,(H,23,25). The second-order valence-electron chi connectivity index (χ2n) is 6.47. The molecule has 4 nitrogen and oxygen atoms in total. The van der Waals surface area contributed by atoms with Crippen LogP contribution in [0.4, 0.5) is 5.69 Å². The molecule has 0 atom stereocenters. The number of nitrogens with zero attached hydrogens (tertiary/aromatic N) is 1. The Balaban J connectivity index is 1.54. The third-order valence-corrected chi connectivity index (χ3v) is 5.45. The van der Waals surface area contributed by atoms with E-state index in [1.54, 1.807) is 7.11 Å². The number of hydrogen-bond acceptors (Lipinski definition) is 3. The summed E-state index contributed by atoms with van der Waals surface area (Å²) in [6.45, 7) is 2.40. The minimum absolute atomic E-state index is 0.0131. The van der Waals surface area contributed by atoms with E-state index < -0.39 is 0 Å². The Hall–Kier alpha value is -1.75. The first-order chi connectivity index (χ1) is 12.6. The second-order valence-corrected chi connectivity index (χ2v) is 7.29. The lowest BCUT2D eigenvalue weighted by molar-refractivity contribution is -0.121. The van der Waals surface area contributed by atoms with Crippen molar-refractivity contribution in [2.75, 3.05) is 25.5 Å². The zero-order valence-corrected chi connectivity index (χ0v) is 16.2. The summed E-state index contributed by atoms with van der Waals surface area (Å²) in [5, 5.41) is 4.37. The molecule has 1 aliphatic rings. The summed E-state index contributed by atoms with van der Waals surface area (Å²) in [6.07, 6.45) is 1.63. The largest absolute Gasteiger partial charge is 0.497 e. The third-order valence-electron chi connectivity index (χ3n) is 4.74. The molecule has 0 bridgehead atoms. The lowest BCUT2D eigenvalue weighted by Gasteiger charge is -2.31. The van der Waals surface area contributed by atoms with Gasteiger partial charge in [0.05, 0.1) is 7.11 Å². The summed E-state index contributed by atoms with van der Waals surface area (Å²) >= 11 is 12.5. The minimum atomic E-state index is 0.0131. The molecule has 1 fully saturated rings. The maximum Gasteiger partial charge on any atom is 0.227 e. The third kappa shape index (κ3) is 4.70. The number of piperidine rings is 1. The van der Waals surface area contributed by atoms with E-state index in [2.05, 4.69) is 10.2 Å². The van der Waals surface area contributed by atoms with Crippen LogP contribution >= 0.6 is 23.2 Å².